The van der Waals surface area contributed by atoms with Gasteiger partial charge in [-0.2, -0.15) is 0 Å². The number of imidazole rings is 1. The van der Waals surface area contributed by atoms with Crippen LogP contribution in [0.25, 0.3) is 16.2 Å². The number of hydrogen-bond donors (Lipinski definition) is 2. The van der Waals surface area contributed by atoms with E-state index in [2.05, 4.69) is 15.6 Å². The van der Waals surface area contributed by atoms with Crippen molar-refractivity contribution in [3.8, 4) is 17.0 Å². The Labute approximate surface area is 181 Å². The molecule has 4 rings (SSSR count). The number of thiazole rings is 1. The Hall–Kier alpha value is -3.72. The molecule has 31 heavy (non-hydrogen) atoms. The number of aromatic nitrogens is 2. The minimum atomic E-state index is -0.343. The third-order valence-corrected chi connectivity index (χ3v) is 5.23. The van der Waals surface area contributed by atoms with Crippen LogP contribution in [0.1, 0.15) is 17.3 Å². The molecule has 0 spiro atoms. The third-order valence-electron chi connectivity index (χ3n) is 4.47. The molecule has 7 nitrogen and oxygen atoms in total. The molecule has 2 N–H and O–H groups in total. The lowest BCUT2D eigenvalue weighted by molar-refractivity contribution is -0.122. The molecule has 0 aliphatic rings. The maximum absolute atomic E-state index is 13.3. The molecule has 0 radical (unpaired) electrons. The van der Waals surface area contributed by atoms with E-state index in [9.17, 15) is 14.0 Å². The van der Waals surface area contributed by atoms with Gasteiger partial charge in [-0.25, -0.2) is 9.37 Å². The number of likely N-dealkylation sites (N-methyl/N-ethyl adjacent to an activating group) is 1. The van der Waals surface area contributed by atoms with Crippen LogP contribution in [-0.2, 0) is 4.79 Å². The summed E-state index contributed by atoms with van der Waals surface area (Å²) in [6.45, 7) is 2.27. The van der Waals surface area contributed by atoms with Crippen LogP contribution in [0.4, 0.5) is 10.2 Å². The first-order chi connectivity index (χ1) is 15.0. The standard InChI is InChI=1S/C22H19FN4O3S/c1-2-24-18(28)13-30-17-9-5-15(6-10-17)21(29)26-20-19(14-3-7-16(23)8-4-14)25-22-27(20)11-12-31-22/h3-12H,2,13H2,1H3,(H,24,28)(H,26,29). The molecule has 158 valence electrons. The Morgan fingerprint density at radius 3 is 2.58 bits per heavy atom. The van der Waals surface area contributed by atoms with E-state index in [0.29, 0.717) is 39.9 Å². The van der Waals surface area contributed by atoms with Gasteiger partial charge in [0.25, 0.3) is 11.8 Å². The summed E-state index contributed by atoms with van der Waals surface area (Å²) in [5.74, 6) is 0.110. The third kappa shape index (κ3) is 4.56. The average molecular weight is 438 g/mol. The molecule has 0 saturated carbocycles. The van der Waals surface area contributed by atoms with E-state index in [4.69, 9.17) is 4.74 Å². The summed E-state index contributed by atoms with van der Waals surface area (Å²) in [5.41, 5.74) is 1.67. The normalized spacial score (nSPS) is 10.8. The lowest BCUT2D eigenvalue weighted by Crippen LogP contribution is -2.28. The molecule has 0 atom stereocenters. The van der Waals surface area contributed by atoms with Gasteiger partial charge in [0, 0.05) is 29.2 Å². The molecular weight excluding hydrogens is 419 g/mol. The fourth-order valence-electron chi connectivity index (χ4n) is 2.99. The minimum Gasteiger partial charge on any atom is -0.484 e. The zero-order chi connectivity index (χ0) is 21.8. The second-order valence-electron chi connectivity index (χ2n) is 6.59. The Balaban J connectivity index is 1.53. The zero-order valence-electron chi connectivity index (χ0n) is 16.6. The number of hydrogen-bond acceptors (Lipinski definition) is 5. The van der Waals surface area contributed by atoms with Crippen LogP contribution in [0.5, 0.6) is 5.75 Å². The van der Waals surface area contributed by atoms with E-state index in [0.717, 1.165) is 0 Å². The SMILES string of the molecule is CCNC(=O)COc1ccc(C(=O)Nc2c(-c3ccc(F)cc3)nc3sccn23)cc1. The van der Waals surface area contributed by atoms with Crippen molar-refractivity contribution in [2.45, 2.75) is 6.92 Å². The highest BCUT2D eigenvalue weighted by Crippen LogP contribution is 2.31. The first kappa shape index (κ1) is 20.5. The lowest BCUT2D eigenvalue weighted by Gasteiger charge is -2.09. The fourth-order valence-corrected chi connectivity index (χ4v) is 3.71. The number of carbonyl (C=O) groups excluding carboxylic acids is 2. The highest BCUT2D eigenvalue weighted by atomic mass is 32.1. The van der Waals surface area contributed by atoms with Crippen LogP contribution in [0.15, 0.2) is 60.1 Å². The van der Waals surface area contributed by atoms with Crippen molar-refractivity contribution in [3.63, 3.8) is 0 Å². The van der Waals surface area contributed by atoms with E-state index in [-0.39, 0.29) is 24.2 Å². The molecule has 0 bridgehead atoms. The summed E-state index contributed by atoms with van der Waals surface area (Å²) in [6.07, 6.45) is 1.81. The van der Waals surface area contributed by atoms with Crippen LogP contribution in [0.3, 0.4) is 0 Å². The number of benzene rings is 2. The minimum absolute atomic E-state index is 0.0909. The number of nitrogens with zero attached hydrogens (tertiary/aromatic N) is 2. The Morgan fingerprint density at radius 2 is 1.87 bits per heavy atom. The largest absolute Gasteiger partial charge is 0.484 e. The molecular formula is C22H19FN4O3S. The Morgan fingerprint density at radius 1 is 1.13 bits per heavy atom. The molecule has 0 aliphatic heterocycles. The summed E-state index contributed by atoms with van der Waals surface area (Å²) in [6, 6.07) is 12.5. The Kier molecular flexibility index (Phi) is 5.94. The highest BCUT2D eigenvalue weighted by molar-refractivity contribution is 7.15. The summed E-state index contributed by atoms with van der Waals surface area (Å²) < 4.78 is 20.5. The van der Waals surface area contributed by atoms with Gasteiger partial charge < -0.3 is 15.4 Å². The molecule has 9 heteroatoms. The predicted octanol–water partition coefficient (Wildman–Crippen LogP) is 3.97. The van der Waals surface area contributed by atoms with E-state index < -0.39 is 0 Å². The van der Waals surface area contributed by atoms with Crippen LogP contribution in [-0.4, -0.2) is 34.4 Å². The number of ether oxygens (including phenoxy) is 1. The van der Waals surface area contributed by atoms with Crippen LogP contribution in [0, 0.1) is 5.82 Å². The van der Waals surface area contributed by atoms with E-state index in [1.807, 2.05) is 18.5 Å². The van der Waals surface area contributed by atoms with Crippen LogP contribution in [0.2, 0.25) is 0 Å². The van der Waals surface area contributed by atoms with Crippen molar-refractivity contribution in [3.05, 3.63) is 71.5 Å². The maximum Gasteiger partial charge on any atom is 0.257 e. The van der Waals surface area contributed by atoms with Gasteiger partial charge in [-0.15, -0.1) is 11.3 Å². The van der Waals surface area contributed by atoms with Gasteiger partial charge in [0.15, 0.2) is 11.6 Å². The summed E-state index contributed by atoms with van der Waals surface area (Å²) in [5, 5.41) is 7.42. The molecule has 0 aliphatic carbocycles. The molecule has 2 aromatic carbocycles. The molecule has 2 heterocycles. The van der Waals surface area contributed by atoms with Crippen molar-refractivity contribution in [1.29, 1.82) is 0 Å². The second-order valence-corrected chi connectivity index (χ2v) is 7.47. The zero-order valence-corrected chi connectivity index (χ0v) is 17.4. The van der Waals surface area contributed by atoms with E-state index >= 15 is 0 Å². The van der Waals surface area contributed by atoms with Crippen molar-refractivity contribution in [2.75, 3.05) is 18.5 Å². The van der Waals surface area contributed by atoms with Gasteiger partial charge in [0.05, 0.1) is 0 Å². The molecule has 0 saturated heterocycles. The molecule has 4 aromatic rings. The number of halogens is 1. The van der Waals surface area contributed by atoms with Gasteiger partial charge >= 0.3 is 0 Å². The summed E-state index contributed by atoms with van der Waals surface area (Å²) in [4.78, 5) is 29.6. The molecule has 2 aromatic heterocycles. The van der Waals surface area contributed by atoms with Crippen LogP contribution >= 0.6 is 11.3 Å². The van der Waals surface area contributed by atoms with Crippen molar-refractivity contribution in [2.24, 2.45) is 0 Å². The number of amides is 2. The summed E-state index contributed by atoms with van der Waals surface area (Å²) in [7, 11) is 0. The van der Waals surface area contributed by atoms with E-state index in [1.165, 1.54) is 23.5 Å². The van der Waals surface area contributed by atoms with Crippen molar-refractivity contribution in [1.82, 2.24) is 14.7 Å². The number of rotatable bonds is 7. The van der Waals surface area contributed by atoms with E-state index in [1.54, 1.807) is 40.8 Å². The lowest BCUT2D eigenvalue weighted by atomic mass is 10.1. The fraction of sp³-hybridized carbons (Fsp3) is 0.136. The number of anilines is 1. The molecule has 2 amide bonds. The molecule has 0 unspecified atom stereocenters. The Bertz CT molecular complexity index is 1220. The second kappa shape index (κ2) is 8.97. The quantitative estimate of drug-likeness (QED) is 0.457. The van der Waals surface area contributed by atoms with Gasteiger partial charge in [0.1, 0.15) is 23.1 Å². The van der Waals surface area contributed by atoms with Crippen molar-refractivity contribution < 1.29 is 18.7 Å². The number of nitrogens with one attached hydrogen (secondary N) is 2. The topological polar surface area (TPSA) is 84.7 Å². The molecule has 0 fully saturated rings. The first-order valence-corrected chi connectivity index (χ1v) is 10.5. The van der Waals surface area contributed by atoms with Gasteiger partial charge in [0.2, 0.25) is 0 Å². The van der Waals surface area contributed by atoms with Crippen LogP contribution < -0.4 is 15.4 Å². The maximum atomic E-state index is 13.3. The number of carbonyl (C=O) groups is 2. The highest BCUT2D eigenvalue weighted by Gasteiger charge is 2.18. The van der Waals surface area contributed by atoms with Gasteiger partial charge in [-0.3, -0.25) is 14.0 Å². The summed E-state index contributed by atoms with van der Waals surface area (Å²) >= 11 is 1.43. The van der Waals surface area contributed by atoms with Gasteiger partial charge in [-0.05, 0) is 55.5 Å². The van der Waals surface area contributed by atoms with Crippen molar-refractivity contribution >= 4 is 33.9 Å². The smallest absolute Gasteiger partial charge is 0.257 e. The predicted molar refractivity (Wildman–Crippen MR) is 117 cm³/mol. The van der Waals surface area contributed by atoms with Gasteiger partial charge in [-0.1, -0.05) is 0 Å². The number of fused-ring (bicyclic) bond motifs is 1. The average Bonchev–Trinajstić information content (AvgIpc) is 3.36. The first-order valence-electron chi connectivity index (χ1n) is 9.57. The monoisotopic (exact) mass is 438 g/mol.